The lowest BCUT2D eigenvalue weighted by atomic mass is 10.1. The first-order valence-corrected chi connectivity index (χ1v) is 12.0. The van der Waals surface area contributed by atoms with Gasteiger partial charge in [0.1, 0.15) is 5.82 Å². The van der Waals surface area contributed by atoms with E-state index in [4.69, 9.17) is 0 Å². The average molecular weight is 500 g/mol. The van der Waals surface area contributed by atoms with Crippen LogP contribution in [0, 0.1) is 12.7 Å². The quantitative estimate of drug-likeness (QED) is 0.338. The SMILES string of the molecule is Cc1c(N=C2S/C(=C\c3cn(Cc4ccc(F)cc4)c4ccccc34)C(=O)N2C)cccc1C(=O)O. The van der Waals surface area contributed by atoms with Crippen LogP contribution < -0.4 is 0 Å². The molecule has 4 aromatic rings. The maximum Gasteiger partial charge on any atom is 0.336 e. The summed E-state index contributed by atoms with van der Waals surface area (Å²) in [6, 6.07) is 19.3. The largest absolute Gasteiger partial charge is 0.478 e. The van der Waals surface area contributed by atoms with Gasteiger partial charge in [0, 0.05) is 36.3 Å². The van der Waals surface area contributed by atoms with Gasteiger partial charge in [-0.1, -0.05) is 36.4 Å². The van der Waals surface area contributed by atoms with Crippen molar-refractivity contribution in [1.29, 1.82) is 0 Å². The van der Waals surface area contributed by atoms with Crippen LogP contribution in [0.15, 0.2) is 82.8 Å². The standard InChI is InChI=1S/C28H22FN3O3S/c1-17-21(27(34)35)7-5-8-23(17)30-28-31(2)26(33)25(36-28)14-19-16-32(24-9-4-3-6-22(19)24)15-18-10-12-20(29)13-11-18/h3-14,16H,15H2,1-2H3,(H,34,35)/b25-14-,30-28?. The van der Waals surface area contributed by atoms with Gasteiger partial charge in [0.05, 0.1) is 16.2 Å². The maximum atomic E-state index is 13.3. The summed E-state index contributed by atoms with van der Waals surface area (Å²) < 4.78 is 15.4. The normalized spacial score (nSPS) is 16.0. The fourth-order valence-electron chi connectivity index (χ4n) is 4.18. The average Bonchev–Trinajstić information content (AvgIpc) is 3.34. The molecule has 3 aromatic carbocycles. The van der Waals surface area contributed by atoms with Crippen molar-refractivity contribution in [2.45, 2.75) is 13.5 Å². The molecule has 1 saturated heterocycles. The molecule has 1 fully saturated rings. The van der Waals surface area contributed by atoms with Gasteiger partial charge in [-0.3, -0.25) is 9.69 Å². The molecular weight excluding hydrogens is 477 g/mol. The van der Waals surface area contributed by atoms with E-state index in [1.807, 2.05) is 36.5 Å². The second-order valence-electron chi connectivity index (χ2n) is 8.48. The number of amides is 1. The Kier molecular flexibility index (Phi) is 6.20. The number of hydrogen-bond acceptors (Lipinski definition) is 4. The van der Waals surface area contributed by atoms with Gasteiger partial charge in [0.15, 0.2) is 5.17 Å². The van der Waals surface area contributed by atoms with E-state index in [2.05, 4.69) is 9.56 Å². The number of para-hydroxylation sites is 1. The summed E-state index contributed by atoms with van der Waals surface area (Å²) >= 11 is 1.25. The number of likely N-dealkylation sites (N-methyl/N-ethyl adjacent to an activating group) is 1. The number of rotatable bonds is 5. The van der Waals surface area contributed by atoms with Gasteiger partial charge in [-0.15, -0.1) is 0 Å². The lowest BCUT2D eigenvalue weighted by Crippen LogP contribution is -2.23. The summed E-state index contributed by atoms with van der Waals surface area (Å²) in [7, 11) is 1.66. The van der Waals surface area contributed by atoms with E-state index in [0.29, 0.717) is 27.9 Å². The lowest BCUT2D eigenvalue weighted by Gasteiger charge is -2.09. The first-order chi connectivity index (χ1) is 17.3. The minimum Gasteiger partial charge on any atom is -0.478 e. The van der Waals surface area contributed by atoms with Gasteiger partial charge < -0.3 is 9.67 Å². The molecule has 0 unspecified atom stereocenters. The maximum absolute atomic E-state index is 13.3. The molecule has 5 rings (SSSR count). The highest BCUT2D eigenvalue weighted by Crippen LogP contribution is 2.36. The number of benzene rings is 3. The summed E-state index contributed by atoms with van der Waals surface area (Å²) in [4.78, 5) is 31.1. The van der Waals surface area contributed by atoms with Crippen molar-refractivity contribution in [2.24, 2.45) is 4.99 Å². The van der Waals surface area contributed by atoms with Crippen molar-refractivity contribution in [3.63, 3.8) is 0 Å². The van der Waals surface area contributed by atoms with E-state index < -0.39 is 5.97 Å². The molecule has 0 aliphatic carbocycles. The predicted molar refractivity (Wildman–Crippen MR) is 141 cm³/mol. The zero-order valence-corrected chi connectivity index (χ0v) is 20.4. The molecule has 1 N–H and O–H groups in total. The Morgan fingerprint density at radius 2 is 1.83 bits per heavy atom. The van der Waals surface area contributed by atoms with Crippen LogP contribution in [0.3, 0.4) is 0 Å². The number of aromatic nitrogens is 1. The molecule has 2 heterocycles. The molecule has 8 heteroatoms. The third-order valence-corrected chi connectivity index (χ3v) is 7.19. The highest BCUT2D eigenvalue weighted by atomic mass is 32.2. The van der Waals surface area contributed by atoms with Crippen LogP contribution in [0.25, 0.3) is 17.0 Å². The number of nitrogens with zero attached hydrogens (tertiary/aromatic N) is 3. The second-order valence-corrected chi connectivity index (χ2v) is 9.49. The monoisotopic (exact) mass is 499 g/mol. The molecule has 180 valence electrons. The Bertz CT molecular complexity index is 1570. The first-order valence-electron chi connectivity index (χ1n) is 11.2. The Morgan fingerprint density at radius 3 is 2.58 bits per heavy atom. The van der Waals surface area contributed by atoms with Crippen LogP contribution in [0.2, 0.25) is 0 Å². The number of aliphatic imine (C=N–C) groups is 1. The number of amidine groups is 1. The molecule has 1 aliphatic rings. The third kappa shape index (κ3) is 4.43. The number of fused-ring (bicyclic) bond motifs is 1. The van der Waals surface area contributed by atoms with Crippen LogP contribution in [0.1, 0.15) is 27.0 Å². The van der Waals surface area contributed by atoms with Crippen molar-refractivity contribution in [2.75, 3.05) is 7.05 Å². The van der Waals surface area contributed by atoms with E-state index in [9.17, 15) is 19.1 Å². The van der Waals surface area contributed by atoms with E-state index in [-0.39, 0.29) is 17.3 Å². The minimum atomic E-state index is -1.02. The lowest BCUT2D eigenvalue weighted by molar-refractivity contribution is -0.121. The Balaban J connectivity index is 1.50. The van der Waals surface area contributed by atoms with Gasteiger partial charge in [0.25, 0.3) is 5.91 Å². The fraction of sp³-hybridized carbons (Fsp3) is 0.107. The number of halogens is 1. The number of carboxylic acid groups (broad SMARTS) is 1. The van der Waals surface area contributed by atoms with E-state index in [1.54, 1.807) is 38.2 Å². The van der Waals surface area contributed by atoms with E-state index in [0.717, 1.165) is 22.0 Å². The third-order valence-electron chi connectivity index (χ3n) is 6.13. The minimum absolute atomic E-state index is 0.179. The first kappa shape index (κ1) is 23.6. The molecule has 1 amide bonds. The van der Waals surface area contributed by atoms with Crippen LogP contribution in [-0.2, 0) is 11.3 Å². The predicted octanol–water partition coefficient (Wildman–Crippen LogP) is 6.07. The molecule has 0 atom stereocenters. The van der Waals surface area contributed by atoms with E-state index >= 15 is 0 Å². The van der Waals surface area contributed by atoms with Crippen molar-refractivity contribution in [1.82, 2.24) is 9.47 Å². The molecule has 0 radical (unpaired) electrons. The van der Waals surface area contributed by atoms with Crippen molar-refractivity contribution < 1.29 is 19.1 Å². The summed E-state index contributed by atoms with van der Waals surface area (Å²) in [5.41, 5.74) is 4.10. The number of aromatic carboxylic acids is 1. The Labute approximate surface area is 211 Å². The molecule has 1 aromatic heterocycles. The smallest absolute Gasteiger partial charge is 0.336 e. The molecule has 0 saturated carbocycles. The zero-order valence-electron chi connectivity index (χ0n) is 19.6. The highest BCUT2D eigenvalue weighted by molar-refractivity contribution is 8.18. The van der Waals surface area contributed by atoms with Crippen LogP contribution in [0.5, 0.6) is 0 Å². The van der Waals surface area contributed by atoms with Gasteiger partial charge in [-0.05, 0) is 66.2 Å². The van der Waals surface area contributed by atoms with Crippen LogP contribution >= 0.6 is 11.8 Å². The fourth-order valence-corrected chi connectivity index (χ4v) is 5.15. The van der Waals surface area contributed by atoms with Crippen molar-refractivity contribution in [3.8, 4) is 0 Å². The molecule has 36 heavy (non-hydrogen) atoms. The van der Waals surface area contributed by atoms with Crippen molar-refractivity contribution in [3.05, 3.63) is 106 Å². The molecule has 6 nitrogen and oxygen atoms in total. The van der Waals surface area contributed by atoms with Crippen LogP contribution in [-0.4, -0.2) is 38.7 Å². The highest BCUT2D eigenvalue weighted by Gasteiger charge is 2.31. The number of carbonyl (C=O) groups excluding carboxylic acids is 1. The Hall–Kier alpha value is -4.17. The Morgan fingerprint density at radius 1 is 1.08 bits per heavy atom. The zero-order chi connectivity index (χ0) is 25.4. The molecule has 1 aliphatic heterocycles. The van der Waals surface area contributed by atoms with Gasteiger partial charge in [-0.25, -0.2) is 14.2 Å². The number of hydrogen-bond donors (Lipinski definition) is 1. The second kappa shape index (κ2) is 9.47. The molecule has 0 bridgehead atoms. The number of carboxylic acids is 1. The van der Waals surface area contributed by atoms with Gasteiger partial charge in [-0.2, -0.15) is 0 Å². The summed E-state index contributed by atoms with van der Waals surface area (Å²) in [5.74, 6) is -1.47. The summed E-state index contributed by atoms with van der Waals surface area (Å²) in [6.07, 6.45) is 3.85. The van der Waals surface area contributed by atoms with Crippen molar-refractivity contribution >= 4 is 51.5 Å². The molecular formula is C28H22FN3O3S. The summed E-state index contributed by atoms with van der Waals surface area (Å²) in [5, 5.41) is 10.9. The van der Waals surface area contributed by atoms with Crippen LogP contribution in [0.4, 0.5) is 10.1 Å². The number of thioether (sulfide) groups is 1. The van der Waals surface area contributed by atoms with Gasteiger partial charge in [0.2, 0.25) is 0 Å². The number of carbonyl (C=O) groups is 2. The topological polar surface area (TPSA) is 74.9 Å². The van der Waals surface area contributed by atoms with E-state index in [1.165, 1.54) is 34.9 Å². The molecule has 0 spiro atoms. The van der Waals surface area contributed by atoms with Gasteiger partial charge >= 0.3 is 5.97 Å². The summed E-state index contributed by atoms with van der Waals surface area (Å²) in [6.45, 7) is 2.27.